The lowest BCUT2D eigenvalue weighted by molar-refractivity contribution is -0.122. The molecule has 2 saturated carbocycles. The van der Waals surface area contributed by atoms with E-state index in [4.69, 9.17) is 4.99 Å². The molecule has 4 nitrogen and oxygen atoms in total. The highest BCUT2D eigenvalue weighted by Crippen LogP contribution is 2.28. The van der Waals surface area contributed by atoms with Gasteiger partial charge in [0.25, 0.3) is 0 Å². The topological polar surface area (TPSA) is 44.7 Å². The Hall–Kier alpha value is -1.06. The monoisotopic (exact) mass is 333 g/mol. The third kappa shape index (κ3) is 5.49. The predicted octanol–water partition coefficient (Wildman–Crippen LogP) is 3.76. The molecule has 0 bridgehead atoms. The third-order valence-electron chi connectivity index (χ3n) is 6.13. The van der Waals surface area contributed by atoms with Crippen LogP contribution in [0.1, 0.15) is 77.0 Å². The van der Waals surface area contributed by atoms with Crippen LogP contribution in [0.25, 0.3) is 0 Å². The zero-order valence-electron chi connectivity index (χ0n) is 15.3. The van der Waals surface area contributed by atoms with Gasteiger partial charge in [-0.05, 0) is 24.7 Å². The van der Waals surface area contributed by atoms with Crippen LogP contribution in [0.5, 0.6) is 0 Å². The zero-order chi connectivity index (χ0) is 16.6. The van der Waals surface area contributed by atoms with Crippen molar-refractivity contribution in [3.8, 4) is 0 Å². The first-order valence-corrected chi connectivity index (χ1v) is 10.4. The van der Waals surface area contributed by atoms with Gasteiger partial charge in [0.1, 0.15) is 0 Å². The van der Waals surface area contributed by atoms with E-state index in [1.165, 1.54) is 70.0 Å². The average molecular weight is 334 g/mol. The Bertz CT molecular complexity index is 423. The van der Waals surface area contributed by atoms with E-state index in [-0.39, 0.29) is 5.91 Å². The van der Waals surface area contributed by atoms with Gasteiger partial charge < -0.3 is 10.2 Å². The van der Waals surface area contributed by atoms with E-state index >= 15 is 0 Å². The molecule has 0 atom stereocenters. The van der Waals surface area contributed by atoms with Crippen LogP contribution >= 0.6 is 0 Å². The molecule has 3 rings (SSSR count). The van der Waals surface area contributed by atoms with Crippen molar-refractivity contribution in [2.45, 2.75) is 77.0 Å². The van der Waals surface area contributed by atoms with Crippen molar-refractivity contribution in [2.24, 2.45) is 16.8 Å². The van der Waals surface area contributed by atoms with Gasteiger partial charge in [-0.1, -0.05) is 51.4 Å². The largest absolute Gasteiger partial charge is 0.357 e. The van der Waals surface area contributed by atoms with Crippen molar-refractivity contribution in [3.63, 3.8) is 0 Å². The molecular formula is C20H35N3O. The van der Waals surface area contributed by atoms with Crippen LogP contribution in [0.15, 0.2) is 4.99 Å². The Kier molecular flexibility index (Phi) is 6.98. The third-order valence-corrected chi connectivity index (χ3v) is 6.13. The molecule has 2 aliphatic carbocycles. The number of nitrogens with zero attached hydrogens (tertiary/aromatic N) is 2. The summed E-state index contributed by atoms with van der Waals surface area (Å²) in [4.78, 5) is 19.3. The molecule has 1 amide bonds. The number of aliphatic imine (C=N–C) groups is 1. The van der Waals surface area contributed by atoms with Crippen molar-refractivity contribution in [1.82, 2.24) is 10.2 Å². The Morgan fingerprint density at radius 2 is 1.67 bits per heavy atom. The summed E-state index contributed by atoms with van der Waals surface area (Å²) in [6.45, 7) is 3.69. The molecule has 0 saturated heterocycles. The summed E-state index contributed by atoms with van der Waals surface area (Å²) < 4.78 is 0. The van der Waals surface area contributed by atoms with Crippen LogP contribution in [0.2, 0.25) is 0 Å². The first-order chi connectivity index (χ1) is 11.8. The second kappa shape index (κ2) is 9.43. The fraction of sp³-hybridized carbons (Fsp3) is 0.900. The maximum absolute atomic E-state index is 12.1. The Morgan fingerprint density at radius 3 is 2.38 bits per heavy atom. The molecule has 0 unspecified atom stereocenters. The van der Waals surface area contributed by atoms with Gasteiger partial charge in [-0.3, -0.25) is 9.79 Å². The normalized spacial score (nSPS) is 23.3. The molecule has 0 radical (unpaired) electrons. The average Bonchev–Trinajstić information content (AvgIpc) is 3.04. The predicted molar refractivity (Wildman–Crippen MR) is 99.3 cm³/mol. The van der Waals surface area contributed by atoms with Crippen molar-refractivity contribution >= 4 is 11.7 Å². The molecule has 0 aromatic heterocycles. The van der Waals surface area contributed by atoms with E-state index in [1.54, 1.807) is 0 Å². The van der Waals surface area contributed by atoms with Gasteiger partial charge in [0, 0.05) is 32.5 Å². The summed E-state index contributed by atoms with van der Waals surface area (Å²) >= 11 is 0. The second-order valence-corrected chi connectivity index (χ2v) is 8.05. The number of carbonyl (C=O) groups is 1. The number of amidine groups is 1. The molecule has 0 spiro atoms. The molecule has 1 heterocycles. The summed E-state index contributed by atoms with van der Waals surface area (Å²) in [5, 5.41) is 3.15. The summed E-state index contributed by atoms with van der Waals surface area (Å²) in [5.41, 5.74) is 0. The van der Waals surface area contributed by atoms with Gasteiger partial charge >= 0.3 is 0 Å². The van der Waals surface area contributed by atoms with Gasteiger partial charge in [0.15, 0.2) is 0 Å². The summed E-state index contributed by atoms with van der Waals surface area (Å²) in [6, 6.07) is 0. The standard InChI is InChI=1S/C20H35N3O/c24-20(16-18-9-5-2-6-10-18)22-12-14-23-13-11-21-19(23)15-17-7-3-1-4-8-17/h17-18H,1-16H2,(H,22,24). The number of rotatable bonds is 7. The number of nitrogens with one attached hydrogen (secondary N) is 1. The van der Waals surface area contributed by atoms with Crippen LogP contribution < -0.4 is 5.32 Å². The van der Waals surface area contributed by atoms with Crippen molar-refractivity contribution in [1.29, 1.82) is 0 Å². The van der Waals surface area contributed by atoms with Crippen molar-refractivity contribution in [2.75, 3.05) is 26.2 Å². The highest BCUT2D eigenvalue weighted by Gasteiger charge is 2.22. The molecule has 2 fully saturated rings. The smallest absolute Gasteiger partial charge is 0.220 e. The van der Waals surface area contributed by atoms with Crippen LogP contribution in [0.3, 0.4) is 0 Å². The summed E-state index contributed by atoms with van der Waals surface area (Å²) in [7, 11) is 0. The molecule has 1 aliphatic heterocycles. The Labute approximate surface area is 147 Å². The highest BCUT2D eigenvalue weighted by atomic mass is 16.1. The Morgan fingerprint density at radius 1 is 1.00 bits per heavy atom. The minimum atomic E-state index is 0.256. The van der Waals surface area contributed by atoms with Crippen LogP contribution in [-0.2, 0) is 4.79 Å². The molecular weight excluding hydrogens is 298 g/mol. The lowest BCUT2D eigenvalue weighted by atomic mass is 9.86. The lowest BCUT2D eigenvalue weighted by Crippen LogP contribution is -2.38. The quantitative estimate of drug-likeness (QED) is 0.771. The van der Waals surface area contributed by atoms with Gasteiger partial charge in [0.2, 0.25) is 5.91 Å². The minimum Gasteiger partial charge on any atom is -0.357 e. The van der Waals surface area contributed by atoms with Crippen molar-refractivity contribution in [3.05, 3.63) is 0 Å². The maximum atomic E-state index is 12.1. The van der Waals surface area contributed by atoms with E-state index in [0.29, 0.717) is 5.92 Å². The van der Waals surface area contributed by atoms with Crippen LogP contribution in [0.4, 0.5) is 0 Å². The van der Waals surface area contributed by atoms with E-state index in [9.17, 15) is 4.79 Å². The van der Waals surface area contributed by atoms with Crippen LogP contribution in [0, 0.1) is 11.8 Å². The zero-order valence-corrected chi connectivity index (χ0v) is 15.3. The molecule has 136 valence electrons. The summed E-state index contributed by atoms with van der Waals surface area (Å²) in [5.74, 6) is 3.04. The van der Waals surface area contributed by atoms with E-state index in [0.717, 1.165) is 44.9 Å². The summed E-state index contributed by atoms with van der Waals surface area (Å²) in [6.07, 6.45) is 15.4. The van der Waals surface area contributed by atoms with Gasteiger partial charge in [-0.25, -0.2) is 0 Å². The molecule has 0 aromatic carbocycles. The Balaban J connectivity index is 1.33. The first kappa shape index (κ1) is 17.8. The van der Waals surface area contributed by atoms with E-state index in [1.807, 2.05) is 0 Å². The second-order valence-electron chi connectivity index (χ2n) is 8.05. The maximum Gasteiger partial charge on any atom is 0.220 e. The number of hydrogen-bond acceptors (Lipinski definition) is 3. The van der Waals surface area contributed by atoms with Gasteiger partial charge in [-0.15, -0.1) is 0 Å². The van der Waals surface area contributed by atoms with E-state index < -0.39 is 0 Å². The molecule has 24 heavy (non-hydrogen) atoms. The molecule has 3 aliphatic rings. The van der Waals surface area contributed by atoms with Gasteiger partial charge in [0.05, 0.1) is 12.4 Å². The molecule has 0 aromatic rings. The first-order valence-electron chi connectivity index (χ1n) is 10.4. The number of carbonyl (C=O) groups excluding carboxylic acids is 1. The molecule has 1 N–H and O–H groups in total. The minimum absolute atomic E-state index is 0.256. The number of hydrogen-bond donors (Lipinski definition) is 1. The molecule has 4 heteroatoms. The lowest BCUT2D eigenvalue weighted by Gasteiger charge is -2.26. The highest BCUT2D eigenvalue weighted by molar-refractivity contribution is 5.84. The fourth-order valence-electron chi connectivity index (χ4n) is 4.67. The van der Waals surface area contributed by atoms with E-state index in [2.05, 4.69) is 10.2 Å². The number of amides is 1. The SMILES string of the molecule is O=C(CC1CCCCC1)NCCN1CCN=C1CC1CCCCC1. The van der Waals surface area contributed by atoms with Crippen molar-refractivity contribution < 1.29 is 4.79 Å². The van der Waals surface area contributed by atoms with Crippen LogP contribution in [-0.4, -0.2) is 42.8 Å². The fourth-order valence-corrected chi connectivity index (χ4v) is 4.67. The van der Waals surface area contributed by atoms with Gasteiger partial charge in [-0.2, -0.15) is 0 Å².